The van der Waals surface area contributed by atoms with E-state index in [-0.39, 0.29) is 11.7 Å². The van der Waals surface area contributed by atoms with E-state index in [0.29, 0.717) is 27.5 Å². The average Bonchev–Trinajstić information content (AvgIpc) is 3.47. The molecule has 3 aromatic rings. The van der Waals surface area contributed by atoms with Gasteiger partial charge in [-0.2, -0.15) is 0 Å². The summed E-state index contributed by atoms with van der Waals surface area (Å²) < 4.78 is 4.76. The van der Waals surface area contributed by atoms with Gasteiger partial charge in [0, 0.05) is 16.2 Å². The van der Waals surface area contributed by atoms with Gasteiger partial charge in [-0.3, -0.25) is 4.79 Å². The van der Waals surface area contributed by atoms with E-state index >= 15 is 0 Å². The highest BCUT2D eigenvalue weighted by Gasteiger charge is 2.30. The molecule has 0 bridgehead atoms. The quantitative estimate of drug-likeness (QED) is 0.297. The normalized spacial score (nSPS) is 17.9. The number of ether oxygens (including phenoxy) is 1. The van der Waals surface area contributed by atoms with Crippen molar-refractivity contribution < 1.29 is 14.3 Å². The van der Waals surface area contributed by atoms with E-state index in [9.17, 15) is 9.59 Å². The van der Waals surface area contributed by atoms with Crippen molar-refractivity contribution in [2.45, 2.75) is 56.9 Å². The third kappa shape index (κ3) is 4.27. The average molecular weight is 489 g/mol. The van der Waals surface area contributed by atoms with Crippen LogP contribution in [-0.4, -0.2) is 39.7 Å². The minimum absolute atomic E-state index is 0.169. The molecule has 1 fully saturated rings. The Morgan fingerprint density at radius 1 is 1.19 bits per heavy atom. The molecule has 0 spiro atoms. The first kappa shape index (κ1) is 21.8. The highest BCUT2D eigenvalue weighted by Crippen LogP contribution is 2.44. The number of anilines is 1. The molecule has 3 aromatic heterocycles. The fraction of sp³-hybridized carbons (Fsp3) is 0.500. The fourth-order valence-corrected chi connectivity index (χ4v) is 7.19. The van der Waals surface area contributed by atoms with Crippen LogP contribution in [0.4, 0.5) is 5.13 Å². The van der Waals surface area contributed by atoms with E-state index < -0.39 is 5.97 Å². The summed E-state index contributed by atoms with van der Waals surface area (Å²) in [4.78, 5) is 41.4. The van der Waals surface area contributed by atoms with Gasteiger partial charge >= 0.3 is 5.97 Å². The van der Waals surface area contributed by atoms with Crippen LogP contribution in [-0.2, 0) is 22.4 Å². The standard InChI is InChI=1S/C22H24N4O3S3/c1-10-4-7-13-14(8-10)31-20-16(13)19(25-18(26-20)12-5-6-12)30-9-15(27)24-22-23-11(2)17(32-22)21(28)29-3/h10,12H,4-9H2,1-3H3,(H,23,24,27)/t10-/m1/s1. The number of nitrogens with one attached hydrogen (secondary N) is 1. The first-order valence-corrected chi connectivity index (χ1v) is 13.3. The van der Waals surface area contributed by atoms with Gasteiger partial charge in [-0.05, 0) is 50.5 Å². The predicted octanol–water partition coefficient (Wildman–Crippen LogP) is 4.98. The van der Waals surface area contributed by atoms with Gasteiger partial charge in [0.1, 0.15) is 20.6 Å². The Bertz CT molecular complexity index is 1210. The second-order valence-corrected chi connectivity index (χ2v) is 11.5. The Balaban J connectivity index is 1.37. The number of hydrogen-bond donors (Lipinski definition) is 1. The van der Waals surface area contributed by atoms with Crippen LogP contribution in [0.15, 0.2) is 5.03 Å². The van der Waals surface area contributed by atoms with Gasteiger partial charge in [0.15, 0.2) is 5.13 Å². The van der Waals surface area contributed by atoms with Crippen molar-refractivity contribution in [1.82, 2.24) is 15.0 Å². The maximum absolute atomic E-state index is 12.7. The molecule has 2 aliphatic rings. The van der Waals surface area contributed by atoms with Gasteiger partial charge < -0.3 is 10.1 Å². The molecule has 2 aliphatic carbocycles. The third-order valence-electron chi connectivity index (χ3n) is 5.84. The first-order chi connectivity index (χ1) is 15.4. The molecule has 1 atom stereocenters. The number of carbonyl (C=O) groups is 2. The molecular weight excluding hydrogens is 464 g/mol. The lowest BCUT2D eigenvalue weighted by molar-refractivity contribution is -0.113. The van der Waals surface area contributed by atoms with Crippen LogP contribution in [0.25, 0.3) is 10.2 Å². The number of amides is 1. The number of carbonyl (C=O) groups excluding carboxylic acids is 2. The summed E-state index contributed by atoms with van der Waals surface area (Å²) in [7, 11) is 1.33. The smallest absolute Gasteiger partial charge is 0.350 e. The highest BCUT2D eigenvalue weighted by atomic mass is 32.2. The second-order valence-electron chi connectivity index (χ2n) is 8.46. The van der Waals surface area contributed by atoms with Crippen LogP contribution < -0.4 is 5.32 Å². The number of nitrogens with zero attached hydrogens (tertiary/aromatic N) is 3. The van der Waals surface area contributed by atoms with Gasteiger partial charge in [0.2, 0.25) is 5.91 Å². The van der Waals surface area contributed by atoms with Crippen molar-refractivity contribution in [1.29, 1.82) is 0 Å². The molecule has 3 heterocycles. The summed E-state index contributed by atoms with van der Waals surface area (Å²) in [6.45, 7) is 4.03. The van der Waals surface area contributed by atoms with Gasteiger partial charge in [-0.15, -0.1) is 11.3 Å². The van der Waals surface area contributed by atoms with Crippen LogP contribution in [0, 0.1) is 12.8 Å². The molecule has 0 radical (unpaired) electrons. The summed E-state index contributed by atoms with van der Waals surface area (Å²) >= 11 is 4.40. The number of fused-ring (bicyclic) bond motifs is 3. The number of esters is 1. The minimum atomic E-state index is -0.442. The van der Waals surface area contributed by atoms with Crippen molar-refractivity contribution in [2.24, 2.45) is 5.92 Å². The van der Waals surface area contributed by atoms with Crippen molar-refractivity contribution >= 4 is 61.7 Å². The minimum Gasteiger partial charge on any atom is -0.465 e. The molecule has 1 amide bonds. The van der Waals surface area contributed by atoms with Crippen LogP contribution in [0.3, 0.4) is 0 Å². The molecule has 1 N–H and O–H groups in total. The first-order valence-electron chi connectivity index (χ1n) is 10.7. The molecule has 0 aliphatic heterocycles. The van der Waals surface area contributed by atoms with E-state index in [1.54, 1.807) is 18.3 Å². The Morgan fingerprint density at radius 3 is 2.75 bits per heavy atom. The molecule has 32 heavy (non-hydrogen) atoms. The van der Waals surface area contributed by atoms with Crippen molar-refractivity contribution in [3.8, 4) is 0 Å². The van der Waals surface area contributed by atoms with Crippen molar-refractivity contribution in [3.63, 3.8) is 0 Å². The lowest BCUT2D eigenvalue weighted by atomic mass is 9.89. The van der Waals surface area contributed by atoms with Crippen molar-refractivity contribution in [2.75, 3.05) is 18.2 Å². The van der Waals surface area contributed by atoms with Gasteiger partial charge in [0.05, 0.1) is 18.6 Å². The Morgan fingerprint density at radius 2 is 2.00 bits per heavy atom. The number of methoxy groups -OCH3 is 1. The van der Waals surface area contributed by atoms with Gasteiger partial charge in [-0.1, -0.05) is 30.0 Å². The zero-order valence-electron chi connectivity index (χ0n) is 18.2. The number of thioether (sulfide) groups is 1. The van der Waals surface area contributed by atoms with Crippen LogP contribution in [0.5, 0.6) is 0 Å². The zero-order valence-corrected chi connectivity index (χ0v) is 20.6. The SMILES string of the molecule is COC(=O)c1sc(NC(=O)CSc2nc(C3CC3)nc3sc4c(c23)CC[C@@H](C)C4)nc1C. The van der Waals surface area contributed by atoms with Crippen LogP contribution >= 0.6 is 34.4 Å². The number of aryl methyl sites for hydroxylation is 2. The van der Waals surface area contributed by atoms with Crippen LogP contribution in [0.2, 0.25) is 0 Å². The van der Waals surface area contributed by atoms with E-state index in [2.05, 4.69) is 17.2 Å². The molecule has 168 valence electrons. The monoisotopic (exact) mass is 488 g/mol. The summed E-state index contributed by atoms with van der Waals surface area (Å²) in [6, 6.07) is 0. The van der Waals surface area contributed by atoms with Gasteiger partial charge in [-0.25, -0.2) is 19.7 Å². The van der Waals surface area contributed by atoms with Crippen molar-refractivity contribution in [3.05, 3.63) is 26.8 Å². The molecule has 7 nitrogen and oxygen atoms in total. The Hall–Kier alpha value is -2.04. The molecule has 0 aromatic carbocycles. The van der Waals surface area contributed by atoms with Gasteiger partial charge in [0.25, 0.3) is 0 Å². The molecule has 0 unspecified atom stereocenters. The molecule has 5 rings (SSSR count). The summed E-state index contributed by atoms with van der Waals surface area (Å²) in [5.41, 5.74) is 1.93. The topological polar surface area (TPSA) is 94.1 Å². The highest BCUT2D eigenvalue weighted by molar-refractivity contribution is 8.00. The number of thiazole rings is 1. The lowest BCUT2D eigenvalue weighted by Crippen LogP contribution is -2.14. The molecule has 10 heteroatoms. The van der Waals surface area contributed by atoms with E-state index in [1.807, 2.05) is 0 Å². The summed E-state index contributed by atoms with van der Waals surface area (Å²) in [5, 5.41) is 5.29. The Kier molecular flexibility index (Phi) is 5.94. The number of aromatic nitrogens is 3. The van der Waals surface area contributed by atoms with E-state index in [1.165, 1.54) is 35.7 Å². The third-order valence-corrected chi connectivity index (χ3v) is 9.01. The van der Waals surface area contributed by atoms with Crippen LogP contribution in [0.1, 0.15) is 63.7 Å². The largest absolute Gasteiger partial charge is 0.465 e. The zero-order chi connectivity index (χ0) is 22.4. The second kappa shape index (κ2) is 8.72. The molecule has 0 saturated heterocycles. The molecular formula is C22H24N4O3S3. The fourth-order valence-electron chi connectivity index (χ4n) is 3.97. The summed E-state index contributed by atoms with van der Waals surface area (Å²) in [6.07, 6.45) is 5.62. The number of thiophene rings is 1. The number of hydrogen-bond acceptors (Lipinski definition) is 9. The maximum Gasteiger partial charge on any atom is 0.350 e. The van der Waals surface area contributed by atoms with E-state index in [0.717, 1.165) is 58.1 Å². The molecule has 1 saturated carbocycles. The summed E-state index contributed by atoms with van der Waals surface area (Å²) in [5.74, 6) is 1.69. The predicted molar refractivity (Wildman–Crippen MR) is 128 cm³/mol. The maximum atomic E-state index is 12.7. The lowest BCUT2D eigenvalue weighted by Gasteiger charge is -2.18. The Labute approximate surface area is 198 Å². The number of rotatable bonds is 6. The van der Waals surface area contributed by atoms with E-state index in [4.69, 9.17) is 14.7 Å².